The molecule has 0 aromatic heterocycles. The summed E-state index contributed by atoms with van der Waals surface area (Å²) in [7, 11) is 0. The van der Waals surface area contributed by atoms with Gasteiger partial charge in [0.05, 0.1) is 15.5 Å². The molecule has 1 amide bonds. The molecule has 1 aliphatic rings. The minimum atomic E-state index is -0.503. The highest BCUT2D eigenvalue weighted by molar-refractivity contribution is 14.1. The number of halogens is 1. The largest absolute Gasteiger partial charge is 0.444 e. The topological polar surface area (TPSA) is 50.7 Å². The van der Waals surface area contributed by atoms with E-state index in [0.717, 1.165) is 3.58 Å². The number of hydrogen-bond donors (Lipinski definition) is 1. The average molecular weight is 332 g/mol. The van der Waals surface area contributed by atoms with Gasteiger partial charge in [-0.2, -0.15) is 0 Å². The fourth-order valence-corrected chi connectivity index (χ4v) is 1.38. The van der Waals surface area contributed by atoms with Crippen molar-refractivity contribution in [3.63, 3.8) is 0 Å². The van der Waals surface area contributed by atoms with Gasteiger partial charge in [0.25, 0.3) is 0 Å². The van der Waals surface area contributed by atoms with Gasteiger partial charge >= 0.3 is 6.09 Å². The van der Waals surface area contributed by atoms with Gasteiger partial charge in [-0.05, 0) is 55.3 Å². The van der Waals surface area contributed by atoms with E-state index in [1.807, 2.05) is 20.8 Å². The smallest absolute Gasteiger partial charge is 0.412 e. The summed E-state index contributed by atoms with van der Waals surface area (Å²) in [5.41, 5.74) is 0.153. The van der Waals surface area contributed by atoms with Crippen molar-refractivity contribution < 1.29 is 9.53 Å². The standard InChI is InChI=1S/C11H13IN2O2/c1-11(2,3)16-10(15)14-9-5-4-6-13-7-8(9)12/h4-5,7H,1-3H3,(H,14,15). The second-order valence-electron chi connectivity index (χ2n) is 4.11. The molecule has 1 rings (SSSR count). The number of amides is 1. The highest BCUT2D eigenvalue weighted by atomic mass is 127. The van der Waals surface area contributed by atoms with Crippen LogP contribution in [-0.2, 0) is 4.74 Å². The van der Waals surface area contributed by atoms with Crippen LogP contribution in [0.2, 0.25) is 0 Å². The number of rotatable bonds is 1. The molecular weight excluding hydrogens is 319 g/mol. The van der Waals surface area contributed by atoms with Gasteiger partial charge in [0, 0.05) is 6.08 Å². The van der Waals surface area contributed by atoms with Crippen molar-refractivity contribution in [2.45, 2.75) is 26.4 Å². The van der Waals surface area contributed by atoms with Crippen LogP contribution in [0.3, 0.4) is 0 Å². The summed E-state index contributed by atoms with van der Waals surface area (Å²) in [6.07, 6.45) is 4.50. The first-order valence-electron chi connectivity index (χ1n) is 4.73. The van der Waals surface area contributed by atoms with Crippen molar-refractivity contribution in [2.75, 3.05) is 0 Å². The van der Waals surface area contributed by atoms with E-state index < -0.39 is 11.7 Å². The number of allylic oxidation sites excluding steroid dienone is 3. The molecule has 86 valence electrons. The van der Waals surface area contributed by atoms with Crippen LogP contribution < -0.4 is 5.32 Å². The number of carbonyl (C=O) groups excluding carboxylic acids is 1. The zero-order valence-corrected chi connectivity index (χ0v) is 11.5. The van der Waals surface area contributed by atoms with E-state index in [0.29, 0.717) is 5.70 Å². The Morgan fingerprint density at radius 1 is 1.56 bits per heavy atom. The average Bonchev–Trinajstić information content (AvgIpc) is 2.29. The number of carbonyl (C=O) groups is 1. The summed E-state index contributed by atoms with van der Waals surface area (Å²) in [5, 5.41) is 2.66. The van der Waals surface area contributed by atoms with E-state index in [4.69, 9.17) is 4.74 Å². The molecule has 4 nitrogen and oxygen atoms in total. The number of hydrogen-bond acceptors (Lipinski definition) is 3. The second kappa shape index (κ2) is 5.32. The number of nitrogens with zero attached hydrogens (tertiary/aromatic N) is 1. The summed E-state index contributed by atoms with van der Waals surface area (Å²) in [6.45, 7) is 5.45. The molecular formula is C11H13IN2O2. The molecule has 0 atom stereocenters. The molecule has 0 spiro atoms. The summed E-state index contributed by atoms with van der Waals surface area (Å²) >= 11 is 2.08. The molecule has 0 saturated carbocycles. The predicted molar refractivity (Wildman–Crippen MR) is 71.6 cm³/mol. The molecule has 1 aliphatic heterocycles. The summed E-state index contributed by atoms with van der Waals surface area (Å²) < 4.78 is 5.97. The maximum Gasteiger partial charge on any atom is 0.412 e. The van der Waals surface area contributed by atoms with Crippen LogP contribution in [0, 0.1) is 0 Å². The van der Waals surface area contributed by atoms with Gasteiger partial charge in [0.15, 0.2) is 0 Å². The number of nitrogens with one attached hydrogen (secondary N) is 1. The van der Waals surface area contributed by atoms with Crippen LogP contribution in [0.15, 0.2) is 32.6 Å². The quantitative estimate of drug-likeness (QED) is 0.751. The number of aliphatic imine (C=N–C) groups is 1. The van der Waals surface area contributed by atoms with Crippen LogP contribution in [0.4, 0.5) is 4.79 Å². The summed E-state index contributed by atoms with van der Waals surface area (Å²) in [5.74, 6) is 2.68. The maximum absolute atomic E-state index is 11.5. The van der Waals surface area contributed by atoms with Crippen molar-refractivity contribution in [3.8, 4) is 0 Å². The molecule has 0 fully saturated rings. The third-order valence-electron chi connectivity index (χ3n) is 1.47. The highest BCUT2D eigenvalue weighted by Crippen LogP contribution is 2.17. The van der Waals surface area contributed by atoms with Crippen molar-refractivity contribution in [1.82, 2.24) is 5.32 Å². The lowest BCUT2D eigenvalue weighted by Crippen LogP contribution is -2.32. The van der Waals surface area contributed by atoms with Gasteiger partial charge in [0.1, 0.15) is 5.60 Å². The van der Waals surface area contributed by atoms with Crippen LogP contribution in [0.5, 0.6) is 0 Å². The lowest BCUT2D eigenvalue weighted by Gasteiger charge is -2.20. The van der Waals surface area contributed by atoms with E-state index in [1.165, 1.54) is 0 Å². The molecule has 0 aromatic carbocycles. The summed E-state index contributed by atoms with van der Waals surface area (Å²) in [4.78, 5) is 15.4. The first-order valence-corrected chi connectivity index (χ1v) is 5.81. The van der Waals surface area contributed by atoms with Crippen LogP contribution >= 0.6 is 22.6 Å². The lowest BCUT2D eigenvalue weighted by atomic mass is 10.2. The van der Waals surface area contributed by atoms with Crippen LogP contribution in [0.25, 0.3) is 0 Å². The molecule has 0 saturated heterocycles. The predicted octanol–water partition coefficient (Wildman–Crippen LogP) is 2.91. The van der Waals surface area contributed by atoms with E-state index in [9.17, 15) is 4.79 Å². The summed E-state index contributed by atoms with van der Waals surface area (Å²) in [6, 6.07) is 0. The molecule has 5 heteroatoms. The van der Waals surface area contributed by atoms with Gasteiger partial charge in [-0.1, -0.05) is 0 Å². The molecule has 0 aromatic rings. The minimum Gasteiger partial charge on any atom is -0.444 e. The van der Waals surface area contributed by atoms with E-state index >= 15 is 0 Å². The number of ether oxygens (including phenoxy) is 1. The first-order chi connectivity index (χ1) is 7.38. The molecule has 0 unspecified atom stereocenters. The molecule has 16 heavy (non-hydrogen) atoms. The third-order valence-corrected chi connectivity index (χ3v) is 2.33. The SMILES string of the molecule is CC(C)(C)OC(=O)NC1=CC=C=NC=C1I. The van der Waals surface area contributed by atoms with Crippen molar-refractivity contribution in [2.24, 2.45) is 4.99 Å². The fraction of sp³-hybridized carbons (Fsp3) is 0.364. The van der Waals surface area contributed by atoms with E-state index in [2.05, 4.69) is 38.8 Å². The van der Waals surface area contributed by atoms with Gasteiger partial charge in [-0.3, -0.25) is 5.32 Å². The maximum atomic E-state index is 11.5. The first kappa shape index (κ1) is 13.0. The lowest BCUT2D eigenvalue weighted by molar-refractivity contribution is 0.0548. The minimum absolute atomic E-state index is 0.475. The second-order valence-corrected chi connectivity index (χ2v) is 5.27. The van der Waals surface area contributed by atoms with Crippen LogP contribution in [-0.4, -0.2) is 17.6 Å². The van der Waals surface area contributed by atoms with Gasteiger partial charge < -0.3 is 4.74 Å². The Morgan fingerprint density at radius 3 is 2.88 bits per heavy atom. The van der Waals surface area contributed by atoms with Gasteiger partial charge in [-0.15, -0.1) is 0 Å². The Bertz CT molecular complexity index is 410. The zero-order valence-electron chi connectivity index (χ0n) is 9.37. The fourth-order valence-electron chi connectivity index (χ4n) is 0.922. The molecule has 0 bridgehead atoms. The van der Waals surface area contributed by atoms with Crippen molar-refractivity contribution in [3.05, 3.63) is 27.6 Å². The Hall–Kier alpha value is -1.07. The number of alkyl carbamates (subject to hydrolysis) is 1. The Kier molecular flexibility index (Phi) is 4.32. The van der Waals surface area contributed by atoms with Crippen molar-refractivity contribution in [1.29, 1.82) is 0 Å². The Morgan fingerprint density at radius 2 is 2.25 bits per heavy atom. The molecule has 1 N–H and O–H groups in total. The van der Waals surface area contributed by atoms with E-state index in [-0.39, 0.29) is 0 Å². The van der Waals surface area contributed by atoms with Gasteiger partial charge in [0.2, 0.25) is 0 Å². The molecule has 0 aliphatic carbocycles. The van der Waals surface area contributed by atoms with E-state index in [1.54, 1.807) is 18.4 Å². The normalized spacial score (nSPS) is 15.0. The van der Waals surface area contributed by atoms with Crippen molar-refractivity contribution >= 4 is 34.6 Å². The van der Waals surface area contributed by atoms with Crippen LogP contribution in [0.1, 0.15) is 20.8 Å². The monoisotopic (exact) mass is 332 g/mol. The third kappa shape index (κ3) is 4.63. The van der Waals surface area contributed by atoms with Gasteiger partial charge in [-0.25, -0.2) is 9.79 Å². The Balaban J connectivity index is 2.65. The molecule has 1 heterocycles. The molecule has 0 radical (unpaired) electrons. The highest BCUT2D eigenvalue weighted by Gasteiger charge is 2.17. The zero-order chi connectivity index (χ0) is 12.2. The Labute approximate surface area is 108 Å².